The van der Waals surface area contributed by atoms with Crippen LogP contribution in [0.5, 0.6) is 0 Å². The second kappa shape index (κ2) is 6.33. The number of aromatic nitrogens is 1. The highest BCUT2D eigenvalue weighted by Gasteiger charge is 2.25. The molecule has 1 aliphatic heterocycles. The lowest BCUT2D eigenvalue weighted by Crippen LogP contribution is -2.53. The van der Waals surface area contributed by atoms with E-state index < -0.39 is 0 Å². The zero-order valence-electron chi connectivity index (χ0n) is 12.4. The summed E-state index contributed by atoms with van der Waals surface area (Å²) in [6.45, 7) is 8.98. The zero-order valence-corrected chi connectivity index (χ0v) is 12.4. The Morgan fingerprint density at radius 3 is 2.75 bits per heavy atom. The maximum atomic E-state index is 11.3. The van der Waals surface area contributed by atoms with E-state index in [1.54, 1.807) is 13.1 Å². The summed E-state index contributed by atoms with van der Waals surface area (Å²) < 4.78 is 0. The average Bonchev–Trinajstić information content (AvgIpc) is 2.38. The quantitative estimate of drug-likeness (QED) is 0.837. The van der Waals surface area contributed by atoms with E-state index in [9.17, 15) is 9.90 Å². The molecular formula is C15H23N3O2. The molecular weight excluding hydrogens is 254 g/mol. The smallest absolute Gasteiger partial charge is 0.161 e. The predicted molar refractivity (Wildman–Crippen MR) is 79.2 cm³/mol. The third kappa shape index (κ3) is 3.55. The van der Waals surface area contributed by atoms with Crippen LogP contribution in [0.1, 0.15) is 31.1 Å². The molecule has 1 aromatic rings. The number of aliphatic hydroxyl groups excluding tert-OH is 1. The van der Waals surface area contributed by atoms with Gasteiger partial charge >= 0.3 is 0 Å². The first-order valence-electron chi connectivity index (χ1n) is 7.11. The van der Waals surface area contributed by atoms with Crippen molar-refractivity contribution in [2.24, 2.45) is 0 Å². The Labute approximate surface area is 120 Å². The molecule has 0 radical (unpaired) electrons. The number of pyridine rings is 1. The van der Waals surface area contributed by atoms with E-state index in [1.165, 1.54) is 0 Å². The summed E-state index contributed by atoms with van der Waals surface area (Å²) in [5.74, 6) is 0.957. The minimum atomic E-state index is -0.290. The molecule has 0 saturated carbocycles. The number of carbonyl (C=O) groups is 1. The minimum Gasteiger partial charge on any atom is -0.392 e. The summed E-state index contributed by atoms with van der Waals surface area (Å²) in [7, 11) is 0. The van der Waals surface area contributed by atoms with E-state index in [-0.39, 0.29) is 11.9 Å². The lowest BCUT2D eigenvalue weighted by molar-refractivity contribution is 0.101. The van der Waals surface area contributed by atoms with E-state index in [1.807, 2.05) is 19.1 Å². The van der Waals surface area contributed by atoms with Crippen LogP contribution in [-0.4, -0.2) is 59.1 Å². The van der Waals surface area contributed by atoms with E-state index in [0.717, 1.165) is 32.0 Å². The molecule has 0 amide bonds. The molecule has 1 fully saturated rings. The monoisotopic (exact) mass is 277 g/mol. The first kappa shape index (κ1) is 14.9. The number of aliphatic hydroxyl groups is 1. The average molecular weight is 277 g/mol. The van der Waals surface area contributed by atoms with Crippen LogP contribution in [0.25, 0.3) is 0 Å². The lowest BCUT2D eigenvalue weighted by atomic mass is 10.1. The number of Topliss-reactive ketones (excluding diaryl/α,β-unsaturated/α-hetero) is 1. The highest BCUT2D eigenvalue weighted by atomic mass is 16.3. The van der Waals surface area contributed by atoms with Crippen molar-refractivity contribution in [1.29, 1.82) is 0 Å². The molecule has 0 bridgehead atoms. The van der Waals surface area contributed by atoms with Gasteiger partial charge in [-0.2, -0.15) is 0 Å². The molecule has 1 aromatic heterocycles. The first-order valence-corrected chi connectivity index (χ1v) is 7.11. The molecule has 20 heavy (non-hydrogen) atoms. The van der Waals surface area contributed by atoms with Crippen LogP contribution in [0.3, 0.4) is 0 Å². The van der Waals surface area contributed by atoms with Gasteiger partial charge in [0.15, 0.2) is 5.78 Å². The number of anilines is 1. The molecule has 110 valence electrons. The summed E-state index contributed by atoms with van der Waals surface area (Å²) in [6.07, 6.45) is 1.36. The normalized spacial score (nSPS) is 21.8. The van der Waals surface area contributed by atoms with Crippen LogP contribution >= 0.6 is 0 Å². The molecule has 1 aliphatic rings. The van der Waals surface area contributed by atoms with Gasteiger partial charge < -0.3 is 10.0 Å². The number of piperazine rings is 1. The second-order valence-electron chi connectivity index (χ2n) is 5.61. The number of β-amino-alcohol motifs (C(OH)–C–C–N with tert-alkyl or cyclic N) is 1. The Morgan fingerprint density at radius 1 is 1.50 bits per heavy atom. The number of hydrogen-bond acceptors (Lipinski definition) is 5. The van der Waals surface area contributed by atoms with Crippen LogP contribution in [0, 0.1) is 0 Å². The van der Waals surface area contributed by atoms with Gasteiger partial charge in [0.2, 0.25) is 0 Å². The lowest BCUT2D eigenvalue weighted by Gasteiger charge is -2.41. The van der Waals surface area contributed by atoms with Crippen LogP contribution in [0.15, 0.2) is 18.3 Å². The maximum absolute atomic E-state index is 11.3. The van der Waals surface area contributed by atoms with Gasteiger partial charge in [-0.15, -0.1) is 0 Å². The molecule has 0 aromatic carbocycles. The third-order valence-electron chi connectivity index (χ3n) is 3.68. The SMILES string of the molecule is CC(=O)c1ccc(N2CCN(C[C@@H](C)O)C[C@H]2C)nc1. The fraction of sp³-hybridized carbons (Fsp3) is 0.600. The fourth-order valence-corrected chi connectivity index (χ4v) is 2.68. The van der Waals surface area contributed by atoms with Gasteiger partial charge in [-0.3, -0.25) is 9.69 Å². The van der Waals surface area contributed by atoms with Crippen LogP contribution < -0.4 is 4.90 Å². The summed E-state index contributed by atoms with van der Waals surface area (Å²) >= 11 is 0. The molecule has 0 aliphatic carbocycles. The van der Waals surface area contributed by atoms with Crippen molar-refractivity contribution >= 4 is 11.6 Å². The molecule has 0 unspecified atom stereocenters. The van der Waals surface area contributed by atoms with Gasteiger partial charge in [0.1, 0.15) is 5.82 Å². The molecule has 2 heterocycles. The Balaban J connectivity index is 2.01. The first-order chi connectivity index (χ1) is 9.47. The molecule has 5 heteroatoms. The largest absolute Gasteiger partial charge is 0.392 e. The van der Waals surface area contributed by atoms with Crippen molar-refractivity contribution in [3.8, 4) is 0 Å². The molecule has 1 N–H and O–H groups in total. The van der Waals surface area contributed by atoms with Gasteiger partial charge in [-0.1, -0.05) is 0 Å². The Morgan fingerprint density at radius 2 is 2.25 bits per heavy atom. The van der Waals surface area contributed by atoms with Crippen molar-refractivity contribution in [2.45, 2.75) is 32.9 Å². The summed E-state index contributed by atoms with van der Waals surface area (Å²) in [4.78, 5) is 20.2. The van der Waals surface area contributed by atoms with Crippen molar-refractivity contribution in [1.82, 2.24) is 9.88 Å². The Kier molecular flexibility index (Phi) is 4.73. The van der Waals surface area contributed by atoms with Gasteiger partial charge in [0.25, 0.3) is 0 Å². The van der Waals surface area contributed by atoms with Crippen molar-refractivity contribution in [3.05, 3.63) is 23.9 Å². The van der Waals surface area contributed by atoms with Crippen molar-refractivity contribution < 1.29 is 9.90 Å². The van der Waals surface area contributed by atoms with Crippen LogP contribution in [-0.2, 0) is 0 Å². The number of ketones is 1. The van der Waals surface area contributed by atoms with Crippen LogP contribution in [0.4, 0.5) is 5.82 Å². The summed E-state index contributed by atoms with van der Waals surface area (Å²) in [5, 5.41) is 9.46. The number of carbonyl (C=O) groups excluding carboxylic acids is 1. The molecule has 0 spiro atoms. The van der Waals surface area contributed by atoms with Crippen LogP contribution in [0.2, 0.25) is 0 Å². The second-order valence-corrected chi connectivity index (χ2v) is 5.61. The topological polar surface area (TPSA) is 56.7 Å². The van der Waals surface area contributed by atoms with E-state index >= 15 is 0 Å². The van der Waals surface area contributed by atoms with E-state index in [0.29, 0.717) is 11.6 Å². The Hall–Kier alpha value is -1.46. The molecule has 1 saturated heterocycles. The highest BCUT2D eigenvalue weighted by molar-refractivity contribution is 5.93. The van der Waals surface area contributed by atoms with E-state index in [2.05, 4.69) is 21.7 Å². The van der Waals surface area contributed by atoms with Gasteiger partial charge in [-0.25, -0.2) is 4.98 Å². The maximum Gasteiger partial charge on any atom is 0.161 e. The van der Waals surface area contributed by atoms with Crippen molar-refractivity contribution in [3.63, 3.8) is 0 Å². The van der Waals surface area contributed by atoms with Gasteiger partial charge in [0, 0.05) is 44.0 Å². The number of rotatable bonds is 4. The zero-order chi connectivity index (χ0) is 14.7. The van der Waals surface area contributed by atoms with E-state index in [4.69, 9.17) is 0 Å². The number of hydrogen-bond donors (Lipinski definition) is 1. The fourth-order valence-electron chi connectivity index (χ4n) is 2.68. The standard InChI is InChI=1S/C15H23N3O2/c1-11-9-17(10-12(2)19)6-7-18(11)15-5-4-14(8-16-15)13(3)20/h4-5,8,11-12,19H,6-7,9-10H2,1-3H3/t11-,12-/m1/s1. The minimum absolute atomic E-state index is 0.0406. The highest BCUT2D eigenvalue weighted by Crippen LogP contribution is 2.18. The predicted octanol–water partition coefficient (Wildman–Crippen LogP) is 1.18. The molecule has 2 atom stereocenters. The van der Waals surface area contributed by atoms with Gasteiger partial charge in [0.05, 0.1) is 6.10 Å². The number of nitrogens with zero attached hydrogens (tertiary/aromatic N) is 3. The molecule has 5 nitrogen and oxygen atoms in total. The van der Waals surface area contributed by atoms with Crippen molar-refractivity contribution in [2.75, 3.05) is 31.1 Å². The Bertz CT molecular complexity index is 459. The van der Waals surface area contributed by atoms with Gasteiger partial charge in [-0.05, 0) is 32.9 Å². The molecule has 2 rings (SSSR count). The summed E-state index contributed by atoms with van der Waals surface area (Å²) in [6, 6.07) is 4.09. The third-order valence-corrected chi connectivity index (χ3v) is 3.68. The summed E-state index contributed by atoms with van der Waals surface area (Å²) in [5.41, 5.74) is 0.647.